The summed E-state index contributed by atoms with van der Waals surface area (Å²) in [7, 11) is 0. The van der Waals surface area contributed by atoms with Crippen molar-refractivity contribution in [1.82, 2.24) is 9.80 Å². The molecule has 0 bridgehead atoms. The first-order chi connectivity index (χ1) is 14.1. The molecule has 30 heavy (non-hydrogen) atoms. The molecule has 0 spiro atoms. The van der Waals surface area contributed by atoms with Crippen LogP contribution in [-0.4, -0.2) is 68.3 Å². The van der Waals surface area contributed by atoms with Gasteiger partial charge in [-0.2, -0.15) is 0 Å². The van der Waals surface area contributed by atoms with E-state index in [1.807, 2.05) is 0 Å². The van der Waals surface area contributed by atoms with E-state index in [2.05, 4.69) is 31.9 Å². The highest BCUT2D eigenvalue weighted by Crippen LogP contribution is 2.24. The Hall–Kier alpha value is -2.14. The number of hydrogen-bond donors (Lipinski definition) is 4. The van der Waals surface area contributed by atoms with E-state index < -0.39 is 11.9 Å². The van der Waals surface area contributed by atoms with Crippen molar-refractivity contribution in [3.8, 4) is 11.5 Å². The number of rotatable bonds is 11. The van der Waals surface area contributed by atoms with Gasteiger partial charge >= 0.3 is 11.9 Å². The second kappa shape index (κ2) is 11.3. The number of aliphatic carboxylic acids is 2. The van der Waals surface area contributed by atoms with Gasteiger partial charge in [-0.3, -0.25) is 19.4 Å². The lowest BCUT2D eigenvalue weighted by Gasteiger charge is -2.26. The lowest BCUT2D eigenvalue weighted by atomic mass is 10.1. The predicted molar refractivity (Wildman–Crippen MR) is 117 cm³/mol. The van der Waals surface area contributed by atoms with Crippen LogP contribution >= 0.6 is 31.9 Å². The second-order valence-electron chi connectivity index (χ2n) is 6.75. The molecule has 0 fully saturated rings. The largest absolute Gasteiger partial charge is 0.508 e. The Kier molecular flexibility index (Phi) is 9.09. The molecule has 0 aliphatic heterocycles. The van der Waals surface area contributed by atoms with Crippen molar-refractivity contribution in [2.24, 2.45) is 0 Å². The normalized spacial score (nSPS) is 11.2. The molecule has 0 atom stereocenters. The quantitative estimate of drug-likeness (QED) is 0.340. The van der Waals surface area contributed by atoms with Crippen molar-refractivity contribution in [3.63, 3.8) is 0 Å². The monoisotopic (exact) mass is 544 g/mol. The number of benzene rings is 2. The highest BCUT2D eigenvalue weighted by Gasteiger charge is 2.18. The van der Waals surface area contributed by atoms with Gasteiger partial charge in [-0.05, 0) is 36.4 Å². The lowest BCUT2D eigenvalue weighted by molar-refractivity contribution is -0.140. The Morgan fingerprint density at radius 3 is 1.43 bits per heavy atom. The Bertz CT molecular complexity index is 835. The van der Waals surface area contributed by atoms with E-state index in [9.17, 15) is 30.0 Å². The molecule has 0 saturated carbocycles. The molecule has 4 N–H and O–H groups in total. The SMILES string of the molecule is O=C(O)CN(CCN(CC(=O)O)Cc1cc(Br)ccc1O)Cc1cc(Br)ccc1O. The number of hydrogen-bond acceptors (Lipinski definition) is 6. The van der Waals surface area contributed by atoms with Crippen molar-refractivity contribution in [3.05, 3.63) is 56.5 Å². The number of carbonyl (C=O) groups is 2. The zero-order valence-corrected chi connectivity index (χ0v) is 19.1. The number of aromatic hydroxyl groups is 2. The van der Waals surface area contributed by atoms with Crippen LogP contribution < -0.4 is 0 Å². The van der Waals surface area contributed by atoms with E-state index in [0.717, 1.165) is 8.95 Å². The molecule has 0 aliphatic rings. The summed E-state index contributed by atoms with van der Waals surface area (Å²) in [4.78, 5) is 25.8. The van der Waals surface area contributed by atoms with Crippen LogP contribution in [0.15, 0.2) is 45.3 Å². The first-order valence-corrected chi connectivity index (χ1v) is 10.6. The molecule has 10 heteroatoms. The number of halogens is 2. The van der Waals surface area contributed by atoms with E-state index in [-0.39, 0.29) is 50.8 Å². The van der Waals surface area contributed by atoms with E-state index in [1.165, 1.54) is 12.1 Å². The van der Waals surface area contributed by atoms with Gasteiger partial charge in [0.1, 0.15) is 11.5 Å². The summed E-state index contributed by atoms with van der Waals surface area (Å²) in [5.41, 5.74) is 1.11. The van der Waals surface area contributed by atoms with Crippen LogP contribution in [0.2, 0.25) is 0 Å². The Morgan fingerprint density at radius 1 is 0.733 bits per heavy atom. The maximum Gasteiger partial charge on any atom is 0.317 e. The third-order valence-electron chi connectivity index (χ3n) is 4.32. The zero-order chi connectivity index (χ0) is 22.3. The van der Waals surface area contributed by atoms with Crippen molar-refractivity contribution in [1.29, 1.82) is 0 Å². The van der Waals surface area contributed by atoms with Gasteiger partial charge in [-0.1, -0.05) is 31.9 Å². The second-order valence-corrected chi connectivity index (χ2v) is 8.59. The maximum absolute atomic E-state index is 11.3. The van der Waals surface area contributed by atoms with Gasteiger partial charge in [0.15, 0.2) is 0 Å². The molecule has 2 rings (SSSR count). The summed E-state index contributed by atoms with van der Waals surface area (Å²) in [5.74, 6) is -1.96. The lowest BCUT2D eigenvalue weighted by Crippen LogP contribution is -2.39. The minimum absolute atomic E-state index is 0.0510. The van der Waals surface area contributed by atoms with Crippen molar-refractivity contribution >= 4 is 43.8 Å². The van der Waals surface area contributed by atoms with E-state index >= 15 is 0 Å². The summed E-state index contributed by atoms with van der Waals surface area (Å²) in [6, 6.07) is 9.81. The fourth-order valence-electron chi connectivity index (χ4n) is 2.94. The highest BCUT2D eigenvalue weighted by molar-refractivity contribution is 9.10. The van der Waals surface area contributed by atoms with Gasteiger partial charge in [0, 0.05) is 46.3 Å². The molecule has 0 radical (unpaired) electrons. The van der Waals surface area contributed by atoms with Crippen LogP contribution in [0.3, 0.4) is 0 Å². The number of phenolic OH excluding ortho intramolecular Hbond substituents is 2. The molecule has 2 aromatic rings. The topological polar surface area (TPSA) is 122 Å². The number of carboxylic acid groups (broad SMARTS) is 2. The van der Waals surface area contributed by atoms with E-state index in [1.54, 1.807) is 34.1 Å². The molecular weight excluding hydrogens is 524 g/mol. The summed E-state index contributed by atoms with van der Waals surface area (Å²) in [6.45, 7) is 0.325. The third-order valence-corrected chi connectivity index (χ3v) is 5.31. The molecule has 8 nitrogen and oxygen atoms in total. The van der Waals surface area contributed by atoms with Gasteiger partial charge in [0.25, 0.3) is 0 Å². The fraction of sp³-hybridized carbons (Fsp3) is 0.300. The van der Waals surface area contributed by atoms with Crippen LogP contribution in [0.1, 0.15) is 11.1 Å². The molecule has 162 valence electrons. The molecule has 0 unspecified atom stereocenters. The molecule has 2 aromatic carbocycles. The van der Waals surface area contributed by atoms with E-state index in [0.29, 0.717) is 11.1 Å². The summed E-state index contributed by atoms with van der Waals surface area (Å²) < 4.78 is 1.51. The zero-order valence-electron chi connectivity index (χ0n) is 16.0. The van der Waals surface area contributed by atoms with E-state index in [4.69, 9.17) is 0 Å². The van der Waals surface area contributed by atoms with Gasteiger partial charge in [-0.15, -0.1) is 0 Å². The number of carboxylic acids is 2. The first-order valence-electron chi connectivity index (χ1n) is 8.97. The average Bonchev–Trinajstić information content (AvgIpc) is 2.64. The predicted octanol–water partition coefficient (Wildman–Crippen LogP) is 3.10. The molecule has 0 aliphatic carbocycles. The van der Waals surface area contributed by atoms with Gasteiger partial charge in [0.05, 0.1) is 13.1 Å². The average molecular weight is 546 g/mol. The minimum atomic E-state index is -1.03. The third kappa shape index (κ3) is 7.94. The fourth-order valence-corrected chi connectivity index (χ4v) is 3.75. The standard InChI is InChI=1S/C20H22Br2N2O6/c21-15-1-3-17(25)13(7-15)9-23(11-19(27)28)5-6-24(12-20(29)30)10-14-8-16(22)2-4-18(14)26/h1-4,7-8,25-26H,5-6,9-12H2,(H,27,28)(H,29,30). The molecular formula is C20H22Br2N2O6. The van der Waals surface area contributed by atoms with Crippen molar-refractivity contribution in [2.45, 2.75) is 13.1 Å². The highest BCUT2D eigenvalue weighted by atomic mass is 79.9. The minimum Gasteiger partial charge on any atom is -0.508 e. The van der Waals surface area contributed by atoms with Crippen molar-refractivity contribution < 1.29 is 30.0 Å². The van der Waals surface area contributed by atoms with Crippen molar-refractivity contribution in [2.75, 3.05) is 26.2 Å². The molecule has 0 amide bonds. The Labute approximate surface area is 190 Å². The first kappa shape index (κ1) is 24.1. The van der Waals surface area contributed by atoms with Crippen LogP contribution in [0, 0.1) is 0 Å². The smallest absolute Gasteiger partial charge is 0.317 e. The Balaban J connectivity index is 2.13. The summed E-state index contributed by atoms with van der Waals surface area (Å²) >= 11 is 6.66. The molecule has 0 heterocycles. The van der Waals surface area contributed by atoms with Gasteiger partial charge in [-0.25, -0.2) is 0 Å². The van der Waals surface area contributed by atoms with Gasteiger partial charge in [0.2, 0.25) is 0 Å². The molecule has 0 aromatic heterocycles. The number of nitrogens with zero attached hydrogens (tertiary/aromatic N) is 2. The molecule has 0 saturated heterocycles. The van der Waals surface area contributed by atoms with Crippen LogP contribution in [0.5, 0.6) is 11.5 Å². The van der Waals surface area contributed by atoms with Gasteiger partial charge < -0.3 is 20.4 Å². The maximum atomic E-state index is 11.3. The number of phenols is 2. The van der Waals surface area contributed by atoms with Crippen LogP contribution in [-0.2, 0) is 22.7 Å². The Morgan fingerprint density at radius 2 is 1.10 bits per heavy atom. The summed E-state index contributed by atoms with van der Waals surface area (Å²) in [6.07, 6.45) is 0. The van der Waals surface area contributed by atoms with Crippen LogP contribution in [0.4, 0.5) is 0 Å². The van der Waals surface area contributed by atoms with Crippen LogP contribution in [0.25, 0.3) is 0 Å². The summed E-state index contributed by atoms with van der Waals surface area (Å²) in [5, 5.41) is 38.6.